The number of anilines is 1. The van der Waals surface area contributed by atoms with Crippen LogP contribution in [0, 0.1) is 13.8 Å². The summed E-state index contributed by atoms with van der Waals surface area (Å²) in [5.74, 6) is 1.98. The summed E-state index contributed by atoms with van der Waals surface area (Å²) in [4.78, 5) is 4.10. The number of benzene rings is 2. The van der Waals surface area contributed by atoms with Crippen LogP contribution in [0.2, 0.25) is 0 Å². The van der Waals surface area contributed by atoms with Crippen molar-refractivity contribution >= 4 is 5.69 Å². The first-order valence-corrected chi connectivity index (χ1v) is 9.56. The molecule has 0 aromatic heterocycles. The molecule has 26 heavy (non-hydrogen) atoms. The van der Waals surface area contributed by atoms with E-state index in [-0.39, 0.29) is 0 Å². The first-order chi connectivity index (χ1) is 12.6. The molecule has 4 heteroatoms. The van der Waals surface area contributed by atoms with Gasteiger partial charge in [-0.3, -0.25) is 0 Å². The number of hydrogen-bond acceptors (Lipinski definition) is 3. The Hall–Kier alpha value is -2.20. The first-order valence-electron chi connectivity index (χ1n) is 9.56. The van der Waals surface area contributed by atoms with Crippen LogP contribution >= 0.6 is 0 Å². The van der Waals surface area contributed by atoms with Crippen LogP contribution in [0.5, 0.6) is 11.5 Å². The molecule has 2 aromatic carbocycles. The van der Waals surface area contributed by atoms with Crippen LogP contribution in [-0.2, 0) is 6.54 Å². The molecule has 0 amide bonds. The molecule has 0 bridgehead atoms. The second kappa shape index (κ2) is 8.45. The van der Waals surface area contributed by atoms with E-state index in [1.807, 2.05) is 13.0 Å². The minimum Gasteiger partial charge on any atom is -0.496 e. The van der Waals surface area contributed by atoms with E-state index in [0.29, 0.717) is 6.61 Å². The summed E-state index contributed by atoms with van der Waals surface area (Å²) in [5, 5.41) is 0. The summed E-state index contributed by atoms with van der Waals surface area (Å²) >= 11 is 0. The topological polar surface area (TPSA) is 26.1 Å². The highest BCUT2D eigenvalue weighted by molar-refractivity contribution is 5.58. The molecular weight excluding hydrogens is 324 g/mol. The van der Waals surface area contributed by atoms with Crippen molar-refractivity contribution in [3.63, 3.8) is 0 Å². The molecule has 2 aromatic rings. The quantitative estimate of drug-likeness (QED) is 0.863. The number of ether oxygens (including phenoxy) is 2. The Balaban J connectivity index is 1.64. The van der Waals surface area contributed by atoms with Gasteiger partial charge in [0.05, 0.1) is 45.6 Å². The first kappa shape index (κ1) is 18.6. The monoisotopic (exact) mass is 355 g/mol. The molecule has 1 aliphatic heterocycles. The van der Waals surface area contributed by atoms with Gasteiger partial charge in [-0.2, -0.15) is 0 Å². The molecule has 3 rings (SSSR count). The van der Waals surface area contributed by atoms with Crippen LogP contribution in [0.1, 0.15) is 23.6 Å². The zero-order valence-corrected chi connectivity index (χ0v) is 16.5. The van der Waals surface area contributed by atoms with Crippen molar-refractivity contribution in [3.05, 3.63) is 53.1 Å². The molecule has 0 spiro atoms. The lowest BCUT2D eigenvalue weighted by Crippen LogP contribution is -3.13. The second-order valence-corrected chi connectivity index (χ2v) is 7.06. The van der Waals surface area contributed by atoms with E-state index >= 15 is 0 Å². The predicted molar refractivity (Wildman–Crippen MR) is 107 cm³/mol. The third kappa shape index (κ3) is 4.13. The van der Waals surface area contributed by atoms with Gasteiger partial charge < -0.3 is 19.3 Å². The standard InChI is InChI=1S/C22H30N2O2/c1-5-26-21-9-7-6-8-20(21)24-12-10-23(11-13-24)16-19-14-18(3)22(25-4)15-17(19)2/h6-9,14-15H,5,10-13,16H2,1-4H3/p+1. The molecule has 1 N–H and O–H groups in total. The number of para-hydroxylation sites is 2. The summed E-state index contributed by atoms with van der Waals surface area (Å²) in [7, 11) is 1.74. The average molecular weight is 356 g/mol. The van der Waals surface area contributed by atoms with Crippen molar-refractivity contribution in [3.8, 4) is 11.5 Å². The van der Waals surface area contributed by atoms with Crippen LogP contribution in [0.4, 0.5) is 5.69 Å². The highest BCUT2D eigenvalue weighted by atomic mass is 16.5. The van der Waals surface area contributed by atoms with Gasteiger partial charge in [-0.1, -0.05) is 12.1 Å². The molecule has 0 atom stereocenters. The van der Waals surface area contributed by atoms with Crippen LogP contribution < -0.4 is 19.3 Å². The highest BCUT2D eigenvalue weighted by Gasteiger charge is 2.23. The van der Waals surface area contributed by atoms with Crippen LogP contribution in [0.3, 0.4) is 0 Å². The molecule has 1 heterocycles. The van der Waals surface area contributed by atoms with Gasteiger partial charge in [0.1, 0.15) is 18.0 Å². The molecule has 0 saturated carbocycles. The number of rotatable bonds is 6. The number of nitrogens with zero attached hydrogens (tertiary/aromatic N) is 1. The van der Waals surface area contributed by atoms with Gasteiger partial charge in [0.2, 0.25) is 0 Å². The SMILES string of the molecule is CCOc1ccccc1N1CC[NH+](Cc2cc(C)c(OC)cc2C)CC1. The summed E-state index contributed by atoms with van der Waals surface area (Å²) in [6, 6.07) is 12.8. The second-order valence-electron chi connectivity index (χ2n) is 7.06. The molecule has 1 aliphatic rings. The van der Waals surface area contributed by atoms with Crippen LogP contribution in [-0.4, -0.2) is 39.9 Å². The summed E-state index contributed by atoms with van der Waals surface area (Å²) in [5.41, 5.74) is 5.20. The fraction of sp³-hybridized carbons (Fsp3) is 0.455. The summed E-state index contributed by atoms with van der Waals surface area (Å²) < 4.78 is 11.2. The van der Waals surface area contributed by atoms with Crippen molar-refractivity contribution in [1.82, 2.24) is 0 Å². The molecule has 0 unspecified atom stereocenters. The van der Waals surface area contributed by atoms with Crippen molar-refractivity contribution in [2.24, 2.45) is 0 Å². The van der Waals surface area contributed by atoms with E-state index in [4.69, 9.17) is 9.47 Å². The molecular formula is C22H31N2O2+. The normalized spacial score (nSPS) is 15.2. The van der Waals surface area contributed by atoms with Gasteiger partial charge in [-0.15, -0.1) is 0 Å². The Morgan fingerprint density at radius 1 is 1.00 bits per heavy atom. The molecule has 1 saturated heterocycles. The maximum absolute atomic E-state index is 5.80. The number of methoxy groups -OCH3 is 1. The highest BCUT2D eigenvalue weighted by Crippen LogP contribution is 2.28. The summed E-state index contributed by atoms with van der Waals surface area (Å²) in [6.45, 7) is 12.6. The Bertz CT molecular complexity index is 737. The lowest BCUT2D eigenvalue weighted by Gasteiger charge is -2.34. The van der Waals surface area contributed by atoms with Gasteiger partial charge in [0.15, 0.2) is 0 Å². The van der Waals surface area contributed by atoms with E-state index in [0.717, 1.165) is 44.2 Å². The minimum absolute atomic E-state index is 0.707. The zero-order chi connectivity index (χ0) is 18.5. The Labute approximate surface area is 157 Å². The fourth-order valence-electron chi connectivity index (χ4n) is 3.77. The third-order valence-corrected chi connectivity index (χ3v) is 5.27. The van der Waals surface area contributed by atoms with Crippen molar-refractivity contribution in [1.29, 1.82) is 0 Å². The largest absolute Gasteiger partial charge is 0.496 e. The Morgan fingerprint density at radius 2 is 1.73 bits per heavy atom. The fourth-order valence-corrected chi connectivity index (χ4v) is 3.77. The van der Waals surface area contributed by atoms with Crippen molar-refractivity contribution in [2.75, 3.05) is 44.8 Å². The van der Waals surface area contributed by atoms with E-state index in [1.54, 1.807) is 12.0 Å². The number of hydrogen-bond donors (Lipinski definition) is 1. The van der Waals surface area contributed by atoms with Gasteiger partial charge >= 0.3 is 0 Å². The smallest absolute Gasteiger partial charge is 0.142 e. The van der Waals surface area contributed by atoms with E-state index in [9.17, 15) is 0 Å². The molecule has 1 fully saturated rings. The summed E-state index contributed by atoms with van der Waals surface area (Å²) in [6.07, 6.45) is 0. The van der Waals surface area contributed by atoms with Crippen molar-refractivity contribution in [2.45, 2.75) is 27.3 Å². The lowest BCUT2D eigenvalue weighted by atomic mass is 10.0. The number of nitrogens with one attached hydrogen (secondary N) is 1. The lowest BCUT2D eigenvalue weighted by molar-refractivity contribution is -0.914. The van der Waals surface area contributed by atoms with Crippen LogP contribution in [0.25, 0.3) is 0 Å². The van der Waals surface area contributed by atoms with E-state index in [1.165, 1.54) is 22.4 Å². The molecule has 0 aliphatic carbocycles. The zero-order valence-electron chi connectivity index (χ0n) is 16.5. The minimum atomic E-state index is 0.707. The third-order valence-electron chi connectivity index (χ3n) is 5.27. The number of piperazine rings is 1. The maximum Gasteiger partial charge on any atom is 0.142 e. The molecule has 140 valence electrons. The molecule has 4 nitrogen and oxygen atoms in total. The van der Waals surface area contributed by atoms with Gasteiger partial charge in [-0.25, -0.2) is 0 Å². The van der Waals surface area contributed by atoms with Gasteiger partial charge in [0, 0.05) is 5.56 Å². The van der Waals surface area contributed by atoms with E-state index < -0.39 is 0 Å². The van der Waals surface area contributed by atoms with Crippen LogP contribution in [0.15, 0.2) is 36.4 Å². The Kier molecular flexibility index (Phi) is 6.04. The van der Waals surface area contributed by atoms with Gasteiger partial charge in [-0.05, 0) is 56.2 Å². The van der Waals surface area contributed by atoms with E-state index in [2.05, 4.69) is 49.1 Å². The molecule has 0 radical (unpaired) electrons. The van der Waals surface area contributed by atoms with Gasteiger partial charge in [0.25, 0.3) is 0 Å². The number of quaternary nitrogens is 1. The predicted octanol–water partition coefficient (Wildman–Crippen LogP) is 2.62. The maximum atomic E-state index is 5.80. The Morgan fingerprint density at radius 3 is 2.42 bits per heavy atom. The average Bonchev–Trinajstić information content (AvgIpc) is 2.66. The number of aryl methyl sites for hydroxylation is 2. The van der Waals surface area contributed by atoms with Crippen molar-refractivity contribution < 1.29 is 14.4 Å².